The molecule has 2 rings (SSSR count). The van der Waals surface area contributed by atoms with E-state index >= 15 is 0 Å². The van der Waals surface area contributed by atoms with Crippen molar-refractivity contribution in [3.05, 3.63) is 23.3 Å². The summed E-state index contributed by atoms with van der Waals surface area (Å²) in [6, 6.07) is 2.06. The largest absolute Gasteiger partial charge is 0.466 e. The molecule has 2 heterocycles. The first kappa shape index (κ1) is 14.9. The van der Waals surface area contributed by atoms with Crippen LogP contribution in [0.15, 0.2) is 6.07 Å². The molecule has 1 aromatic rings. The lowest BCUT2D eigenvalue weighted by atomic mass is 9.93. The molecule has 0 aliphatic carbocycles. The normalized spacial score (nSPS) is 16.1. The predicted molar refractivity (Wildman–Crippen MR) is 76.6 cm³/mol. The molecule has 0 amide bonds. The van der Waals surface area contributed by atoms with Gasteiger partial charge in [-0.15, -0.1) is 0 Å². The van der Waals surface area contributed by atoms with E-state index in [-0.39, 0.29) is 5.97 Å². The summed E-state index contributed by atoms with van der Waals surface area (Å²) in [5, 5.41) is 3.36. The fraction of sp³-hybridized carbons (Fsp3) is 0.667. The van der Waals surface area contributed by atoms with Crippen molar-refractivity contribution in [2.45, 2.75) is 45.4 Å². The van der Waals surface area contributed by atoms with Crippen LogP contribution in [0.4, 0.5) is 0 Å². The van der Waals surface area contributed by atoms with Gasteiger partial charge in [-0.3, -0.25) is 4.79 Å². The molecule has 20 heavy (non-hydrogen) atoms. The number of hydrogen-bond acceptors (Lipinski definition) is 5. The zero-order valence-corrected chi connectivity index (χ0v) is 12.3. The summed E-state index contributed by atoms with van der Waals surface area (Å²) in [5.74, 6) is 1.14. The second kappa shape index (κ2) is 7.33. The third-order valence-corrected chi connectivity index (χ3v) is 3.56. The van der Waals surface area contributed by atoms with E-state index in [0.29, 0.717) is 25.4 Å². The monoisotopic (exact) mass is 277 g/mol. The van der Waals surface area contributed by atoms with Crippen molar-refractivity contribution in [3.8, 4) is 0 Å². The summed E-state index contributed by atoms with van der Waals surface area (Å²) in [6.07, 6.45) is 3.25. The molecule has 0 saturated carbocycles. The fourth-order valence-corrected chi connectivity index (χ4v) is 2.57. The van der Waals surface area contributed by atoms with Gasteiger partial charge in [-0.25, -0.2) is 9.97 Å². The Morgan fingerprint density at radius 1 is 1.40 bits per heavy atom. The molecule has 1 saturated heterocycles. The SMILES string of the molecule is CCOC(=O)CCc1cc(C2CCNCC2)nc(C)n1. The third-order valence-electron chi connectivity index (χ3n) is 3.56. The molecule has 1 aliphatic rings. The van der Waals surface area contributed by atoms with Crippen LogP contribution < -0.4 is 5.32 Å². The first-order chi connectivity index (χ1) is 9.69. The molecule has 1 aromatic heterocycles. The molecule has 0 radical (unpaired) electrons. The standard InChI is InChI=1S/C15H23N3O2/c1-3-20-15(19)5-4-13-10-14(18-11(2)17-13)12-6-8-16-9-7-12/h10,12,16H,3-9H2,1-2H3. The van der Waals surface area contributed by atoms with E-state index in [1.807, 2.05) is 13.8 Å². The number of esters is 1. The number of piperidine rings is 1. The highest BCUT2D eigenvalue weighted by atomic mass is 16.5. The van der Waals surface area contributed by atoms with Crippen LogP contribution in [0, 0.1) is 6.92 Å². The Bertz CT molecular complexity index is 456. The highest BCUT2D eigenvalue weighted by molar-refractivity contribution is 5.69. The smallest absolute Gasteiger partial charge is 0.306 e. The zero-order chi connectivity index (χ0) is 14.4. The summed E-state index contributed by atoms with van der Waals surface area (Å²) in [6.45, 7) is 6.26. The van der Waals surface area contributed by atoms with Gasteiger partial charge in [0.1, 0.15) is 5.82 Å². The van der Waals surface area contributed by atoms with Crippen molar-refractivity contribution in [2.75, 3.05) is 19.7 Å². The molecule has 1 N–H and O–H groups in total. The molecular weight excluding hydrogens is 254 g/mol. The summed E-state index contributed by atoms with van der Waals surface area (Å²) in [5.41, 5.74) is 2.07. The molecule has 5 nitrogen and oxygen atoms in total. The van der Waals surface area contributed by atoms with E-state index in [4.69, 9.17) is 4.74 Å². The minimum atomic E-state index is -0.160. The molecule has 0 atom stereocenters. The van der Waals surface area contributed by atoms with Gasteiger partial charge in [0.15, 0.2) is 0 Å². The Labute approximate surface area is 120 Å². The summed E-state index contributed by atoms with van der Waals surface area (Å²) in [4.78, 5) is 20.4. The Hall–Kier alpha value is -1.49. The fourth-order valence-electron chi connectivity index (χ4n) is 2.57. The molecule has 5 heteroatoms. The maximum absolute atomic E-state index is 11.4. The van der Waals surface area contributed by atoms with Crippen LogP contribution in [-0.2, 0) is 16.0 Å². The summed E-state index contributed by atoms with van der Waals surface area (Å²) in [7, 11) is 0. The van der Waals surface area contributed by atoms with Crippen LogP contribution in [0.1, 0.15) is 49.3 Å². The maximum Gasteiger partial charge on any atom is 0.306 e. The lowest BCUT2D eigenvalue weighted by Crippen LogP contribution is -2.27. The quantitative estimate of drug-likeness (QED) is 0.831. The lowest BCUT2D eigenvalue weighted by molar-refractivity contribution is -0.143. The minimum Gasteiger partial charge on any atom is -0.466 e. The van der Waals surface area contributed by atoms with Crippen LogP contribution in [0.3, 0.4) is 0 Å². The average Bonchev–Trinajstić information content (AvgIpc) is 2.46. The average molecular weight is 277 g/mol. The van der Waals surface area contributed by atoms with Crippen molar-refractivity contribution >= 4 is 5.97 Å². The van der Waals surface area contributed by atoms with Gasteiger partial charge in [-0.05, 0) is 45.8 Å². The Balaban J connectivity index is 2.02. The molecule has 0 aromatic carbocycles. The van der Waals surface area contributed by atoms with Gasteiger partial charge in [-0.2, -0.15) is 0 Å². The molecule has 0 bridgehead atoms. The summed E-state index contributed by atoms with van der Waals surface area (Å²) < 4.78 is 4.95. The highest BCUT2D eigenvalue weighted by Gasteiger charge is 2.18. The van der Waals surface area contributed by atoms with E-state index in [9.17, 15) is 4.79 Å². The Morgan fingerprint density at radius 3 is 2.85 bits per heavy atom. The van der Waals surface area contributed by atoms with Crippen LogP contribution in [0.5, 0.6) is 0 Å². The van der Waals surface area contributed by atoms with Crippen molar-refractivity contribution in [2.24, 2.45) is 0 Å². The van der Waals surface area contributed by atoms with Crippen molar-refractivity contribution in [1.29, 1.82) is 0 Å². The van der Waals surface area contributed by atoms with E-state index in [2.05, 4.69) is 21.4 Å². The molecule has 1 aliphatic heterocycles. The van der Waals surface area contributed by atoms with Gasteiger partial charge < -0.3 is 10.1 Å². The number of nitrogens with zero attached hydrogens (tertiary/aromatic N) is 2. The number of nitrogens with one attached hydrogen (secondary N) is 1. The zero-order valence-electron chi connectivity index (χ0n) is 12.3. The number of carbonyl (C=O) groups is 1. The van der Waals surface area contributed by atoms with E-state index < -0.39 is 0 Å². The third kappa shape index (κ3) is 4.27. The first-order valence-corrected chi connectivity index (χ1v) is 7.40. The lowest BCUT2D eigenvalue weighted by Gasteiger charge is -2.22. The molecule has 110 valence electrons. The van der Waals surface area contributed by atoms with Gasteiger partial charge in [-0.1, -0.05) is 0 Å². The van der Waals surface area contributed by atoms with Gasteiger partial charge in [0.25, 0.3) is 0 Å². The van der Waals surface area contributed by atoms with Gasteiger partial charge >= 0.3 is 5.97 Å². The second-order valence-corrected chi connectivity index (χ2v) is 5.16. The molecule has 0 unspecified atom stereocenters. The molecular formula is C15H23N3O2. The van der Waals surface area contributed by atoms with Crippen molar-refractivity contribution in [1.82, 2.24) is 15.3 Å². The van der Waals surface area contributed by atoms with Gasteiger partial charge in [0, 0.05) is 23.7 Å². The Kier molecular flexibility index (Phi) is 5.47. The summed E-state index contributed by atoms with van der Waals surface area (Å²) >= 11 is 0. The van der Waals surface area contributed by atoms with E-state index in [0.717, 1.165) is 43.1 Å². The number of carbonyl (C=O) groups excluding carboxylic acids is 1. The van der Waals surface area contributed by atoms with Crippen LogP contribution >= 0.6 is 0 Å². The van der Waals surface area contributed by atoms with Crippen molar-refractivity contribution < 1.29 is 9.53 Å². The number of rotatable bonds is 5. The molecule has 1 fully saturated rings. The highest BCUT2D eigenvalue weighted by Crippen LogP contribution is 2.24. The number of aryl methyl sites for hydroxylation is 2. The maximum atomic E-state index is 11.4. The topological polar surface area (TPSA) is 64.1 Å². The van der Waals surface area contributed by atoms with Crippen LogP contribution in [0.2, 0.25) is 0 Å². The number of aromatic nitrogens is 2. The second-order valence-electron chi connectivity index (χ2n) is 5.16. The van der Waals surface area contributed by atoms with Gasteiger partial charge in [0.05, 0.1) is 13.0 Å². The van der Waals surface area contributed by atoms with Crippen LogP contribution in [-0.4, -0.2) is 35.6 Å². The predicted octanol–water partition coefficient (Wildman–Crippen LogP) is 1.75. The first-order valence-electron chi connectivity index (χ1n) is 7.40. The van der Waals surface area contributed by atoms with E-state index in [1.165, 1.54) is 0 Å². The van der Waals surface area contributed by atoms with E-state index in [1.54, 1.807) is 0 Å². The number of ether oxygens (including phenoxy) is 1. The molecule has 0 spiro atoms. The van der Waals surface area contributed by atoms with Gasteiger partial charge in [0.2, 0.25) is 0 Å². The Morgan fingerprint density at radius 2 is 2.15 bits per heavy atom. The number of hydrogen-bond donors (Lipinski definition) is 1. The minimum absolute atomic E-state index is 0.160. The van der Waals surface area contributed by atoms with Crippen LogP contribution in [0.25, 0.3) is 0 Å². The van der Waals surface area contributed by atoms with Crippen molar-refractivity contribution in [3.63, 3.8) is 0 Å².